The molecule has 0 atom stereocenters. The predicted molar refractivity (Wildman–Crippen MR) is 109 cm³/mol. The summed E-state index contributed by atoms with van der Waals surface area (Å²) >= 11 is 3.39. The van der Waals surface area contributed by atoms with Crippen LogP contribution in [0, 0.1) is 0 Å². The van der Waals surface area contributed by atoms with Crippen LogP contribution >= 0.6 is 15.9 Å². The highest BCUT2D eigenvalue weighted by atomic mass is 79.9. The lowest BCUT2D eigenvalue weighted by molar-refractivity contribution is -0.154. The van der Waals surface area contributed by atoms with Crippen LogP contribution in [0.15, 0.2) is 28.7 Å². The van der Waals surface area contributed by atoms with Gasteiger partial charge in [0.25, 0.3) is 5.91 Å². The van der Waals surface area contributed by atoms with Gasteiger partial charge in [-0.05, 0) is 43.4 Å². The van der Waals surface area contributed by atoms with Crippen LogP contribution in [0.1, 0.15) is 69.8 Å². The smallest absolute Gasteiger partial charge is 0.310 e. The zero-order valence-electron chi connectivity index (χ0n) is 16.0. The summed E-state index contributed by atoms with van der Waals surface area (Å²) in [5, 5.41) is 0. The van der Waals surface area contributed by atoms with E-state index in [4.69, 9.17) is 4.74 Å². The Balaban J connectivity index is 1.56. The lowest BCUT2D eigenvalue weighted by Gasteiger charge is -2.41. The zero-order chi connectivity index (χ0) is 19.1. The molecule has 0 heterocycles. The summed E-state index contributed by atoms with van der Waals surface area (Å²) in [5.74, 6) is -0.337. The second-order valence-corrected chi connectivity index (χ2v) is 8.76. The van der Waals surface area contributed by atoms with Crippen molar-refractivity contribution < 1.29 is 14.3 Å². The molecular formula is C22H30BrNO3. The van der Waals surface area contributed by atoms with Gasteiger partial charge in [0.05, 0.1) is 6.42 Å². The van der Waals surface area contributed by atoms with Gasteiger partial charge in [-0.3, -0.25) is 9.59 Å². The van der Waals surface area contributed by atoms with Crippen LogP contribution in [-0.4, -0.2) is 35.5 Å². The van der Waals surface area contributed by atoms with Crippen molar-refractivity contribution in [3.8, 4) is 0 Å². The van der Waals surface area contributed by atoms with Crippen molar-refractivity contribution in [2.45, 2.75) is 82.7 Å². The fourth-order valence-electron chi connectivity index (χ4n) is 4.46. The van der Waals surface area contributed by atoms with E-state index in [-0.39, 0.29) is 24.9 Å². The zero-order valence-corrected chi connectivity index (χ0v) is 17.6. The highest BCUT2D eigenvalue weighted by Crippen LogP contribution is 2.30. The molecule has 0 aliphatic heterocycles. The Hall–Kier alpha value is -1.36. The molecule has 2 aliphatic carbocycles. The van der Waals surface area contributed by atoms with E-state index in [1.165, 1.54) is 38.5 Å². The first-order valence-corrected chi connectivity index (χ1v) is 11.1. The minimum absolute atomic E-state index is 0.00189. The molecule has 2 saturated carbocycles. The highest BCUT2D eigenvalue weighted by molar-refractivity contribution is 9.10. The first-order valence-electron chi connectivity index (χ1n) is 10.3. The first-order chi connectivity index (χ1) is 13.1. The molecule has 0 bridgehead atoms. The number of halogens is 1. The van der Waals surface area contributed by atoms with Gasteiger partial charge in [-0.2, -0.15) is 0 Å². The van der Waals surface area contributed by atoms with Crippen molar-refractivity contribution in [3.63, 3.8) is 0 Å². The monoisotopic (exact) mass is 435 g/mol. The average molecular weight is 436 g/mol. The van der Waals surface area contributed by atoms with E-state index in [2.05, 4.69) is 20.8 Å². The summed E-state index contributed by atoms with van der Waals surface area (Å²) in [4.78, 5) is 27.3. The number of amides is 1. The molecule has 1 aromatic carbocycles. The van der Waals surface area contributed by atoms with E-state index < -0.39 is 0 Å². The number of esters is 1. The predicted octanol–water partition coefficient (Wildman–Crippen LogP) is 5.03. The molecule has 2 aliphatic rings. The van der Waals surface area contributed by atoms with E-state index >= 15 is 0 Å². The Morgan fingerprint density at radius 1 is 0.889 bits per heavy atom. The number of hydrogen-bond acceptors (Lipinski definition) is 3. The summed E-state index contributed by atoms with van der Waals surface area (Å²) in [5.41, 5.74) is 0.895. The number of carbonyl (C=O) groups is 2. The van der Waals surface area contributed by atoms with Gasteiger partial charge < -0.3 is 9.64 Å². The molecule has 4 nitrogen and oxygen atoms in total. The SMILES string of the molecule is O=C(Cc1ccc(Br)cc1)OCC(=O)N(C1CCCCC1)C1CCCCC1. The van der Waals surface area contributed by atoms with Gasteiger partial charge in [0, 0.05) is 16.6 Å². The van der Waals surface area contributed by atoms with Gasteiger partial charge in [-0.25, -0.2) is 0 Å². The molecule has 0 N–H and O–H groups in total. The summed E-state index contributed by atoms with van der Waals surface area (Å²) < 4.78 is 6.34. The Morgan fingerprint density at radius 3 is 1.93 bits per heavy atom. The van der Waals surface area contributed by atoms with Gasteiger partial charge >= 0.3 is 5.97 Å². The van der Waals surface area contributed by atoms with Crippen molar-refractivity contribution in [2.75, 3.05) is 6.61 Å². The Labute approximate surface area is 170 Å². The number of carbonyl (C=O) groups excluding carboxylic acids is 2. The molecule has 0 spiro atoms. The van der Waals surface area contributed by atoms with Crippen molar-refractivity contribution in [3.05, 3.63) is 34.3 Å². The van der Waals surface area contributed by atoms with E-state index in [9.17, 15) is 9.59 Å². The number of nitrogens with zero attached hydrogens (tertiary/aromatic N) is 1. The van der Waals surface area contributed by atoms with Crippen LogP contribution in [0.25, 0.3) is 0 Å². The van der Waals surface area contributed by atoms with Crippen molar-refractivity contribution in [1.29, 1.82) is 0 Å². The Bertz CT molecular complexity index is 601. The second-order valence-electron chi connectivity index (χ2n) is 7.85. The lowest BCUT2D eigenvalue weighted by atomic mass is 9.88. The quantitative estimate of drug-likeness (QED) is 0.588. The number of benzene rings is 1. The molecule has 0 saturated heterocycles. The Morgan fingerprint density at radius 2 is 1.41 bits per heavy atom. The lowest BCUT2D eigenvalue weighted by Crippen LogP contribution is -2.50. The molecule has 0 aromatic heterocycles. The molecular weight excluding hydrogens is 406 g/mol. The molecule has 0 unspecified atom stereocenters. The van der Waals surface area contributed by atoms with Crippen LogP contribution in [0.5, 0.6) is 0 Å². The molecule has 1 amide bonds. The van der Waals surface area contributed by atoms with Crippen LogP contribution < -0.4 is 0 Å². The number of rotatable bonds is 6. The van der Waals surface area contributed by atoms with Gasteiger partial charge in [0.1, 0.15) is 0 Å². The third-order valence-corrected chi connectivity index (χ3v) is 6.37. The van der Waals surface area contributed by atoms with E-state index in [0.29, 0.717) is 12.1 Å². The topological polar surface area (TPSA) is 46.6 Å². The third-order valence-electron chi connectivity index (χ3n) is 5.84. The van der Waals surface area contributed by atoms with Crippen LogP contribution in [0.3, 0.4) is 0 Å². The van der Waals surface area contributed by atoms with Crippen LogP contribution in [-0.2, 0) is 20.7 Å². The minimum atomic E-state index is -0.335. The van der Waals surface area contributed by atoms with Crippen molar-refractivity contribution in [2.24, 2.45) is 0 Å². The molecule has 2 fully saturated rings. The third kappa shape index (κ3) is 6.06. The highest BCUT2D eigenvalue weighted by Gasteiger charge is 2.32. The van der Waals surface area contributed by atoms with Gasteiger partial charge in [-0.1, -0.05) is 66.6 Å². The van der Waals surface area contributed by atoms with Crippen molar-refractivity contribution >= 4 is 27.8 Å². The minimum Gasteiger partial charge on any atom is -0.455 e. The van der Waals surface area contributed by atoms with Gasteiger partial charge in [0.15, 0.2) is 6.61 Å². The maximum absolute atomic E-state index is 13.0. The molecule has 27 heavy (non-hydrogen) atoms. The maximum atomic E-state index is 13.0. The van der Waals surface area contributed by atoms with E-state index in [0.717, 1.165) is 35.7 Å². The summed E-state index contributed by atoms with van der Waals surface area (Å²) in [7, 11) is 0. The van der Waals surface area contributed by atoms with Crippen molar-refractivity contribution in [1.82, 2.24) is 4.90 Å². The molecule has 1 aromatic rings. The van der Waals surface area contributed by atoms with Gasteiger partial charge in [0.2, 0.25) is 0 Å². The molecule has 3 rings (SSSR count). The second kappa shape index (κ2) is 10.3. The normalized spacial score (nSPS) is 18.9. The first kappa shape index (κ1) is 20.4. The fraction of sp³-hybridized carbons (Fsp3) is 0.636. The standard InChI is InChI=1S/C22H30BrNO3/c23-18-13-11-17(12-14-18)15-22(26)27-16-21(25)24(19-7-3-1-4-8-19)20-9-5-2-6-10-20/h11-14,19-20H,1-10,15-16H2. The van der Waals surface area contributed by atoms with Gasteiger partial charge in [-0.15, -0.1) is 0 Å². The Kier molecular flexibility index (Phi) is 7.74. The molecule has 148 valence electrons. The largest absolute Gasteiger partial charge is 0.455 e. The maximum Gasteiger partial charge on any atom is 0.310 e. The summed E-state index contributed by atoms with van der Waals surface area (Å²) in [6.45, 7) is -0.123. The van der Waals surface area contributed by atoms with E-state index in [1.54, 1.807) is 0 Å². The summed E-state index contributed by atoms with van der Waals surface area (Å²) in [6.07, 6.45) is 11.9. The number of ether oxygens (including phenoxy) is 1. The molecule has 5 heteroatoms. The fourth-order valence-corrected chi connectivity index (χ4v) is 4.72. The van der Waals surface area contributed by atoms with Crippen LogP contribution in [0.2, 0.25) is 0 Å². The van der Waals surface area contributed by atoms with Crippen LogP contribution in [0.4, 0.5) is 0 Å². The summed E-state index contributed by atoms with van der Waals surface area (Å²) in [6, 6.07) is 8.26. The molecule has 0 radical (unpaired) electrons. The number of hydrogen-bond donors (Lipinski definition) is 0. The van der Waals surface area contributed by atoms with E-state index in [1.807, 2.05) is 24.3 Å². The average Bonchev–Trinajstić information content (AvgIpc) is 2.70.